The Morgan fingerprint density at radius 3 is 2.23 bits per heavy atom. The highest BCUT2D eigenvalue weighted by Gasteiger charge is 2.17. The van der Waals surface area contributed by atoms with Gasteiger partial charge in [-0.25, -0.2) is 13.6 Å². The number of hydrogen-bond acceptors (Lipinski definition) is 4. The van der Waals surface area contributed by atoms with Crippen molar-refractivity contribution in [1.82, 2.24) is 4.90 Å². The molecule has 0 aliphatic rings. The summed E-state index contributed by atoms with van der Waals surface area (Å²) in [5.74, 6) is -3.27. The van der Waals surface area contributed by atoms with Gasteiger partial charge in [0.2, 0.25) is 0 Å². The Balaban J connectivity index is 1.89. The van der Waals surface area contributed by atoms with Crippen LogP contribution in [0, 0.1) is 11.6 Å². The first-order valence-corrected chi connectivity index (χ1v) is 7.90. The van der Waals surface area contributed by atoms with Crippen LogP contribution in [0.15, 0.2) is 42.5 Å². The lowest BCUT2D eigenvalue weighted by Gasteiger charge is -2.18. The minimum absolute atomic E-state index is 0.342. The number of halogens is 2. The van der Waals surface area contributed by atoms with E-state index in [2.05, 4.69) is 0 Å². The number of rotatable bonds is 6. The number of nitrogens with zero attached hydrogens (tertiary/aromatic N) is 2. The van der Waals surface area contributed by atoms with E-state index in [1.807, 2.05) is 43.3 Å². The van der Waals surface area contributed by atoms with Gasteiger partial charge in [-0.15, -0.1) is 0 Å². The van der Waals surface area contributed by atoms with Crippen LogP contribution in [-0.2, 0) is 16.1 Å². The molecule has 0 saturated heterocycles. The molecule has 0 fully saturated rings. The third-order valence-electron chi connectivity index (χ3n) is 3.78. The molecule has 0 spiro atoms. The summed E-state index contributed by atoms with van der Waals surface area (Å²) in [4.78, 5) is 27.3. The van der Waals surface area contributed by atoms with Crippen LogP contribution in [0.1, 0.15) is 15.9 Å². The zero-order valence-corrected chi connectivity index (χ0v) is 14.8. The lowest BCUT2D eigenvalue weighted by molar-refractivity contribution is -0.133. The first kappa shape index (κ1) is 19.4. The summed E-state index contributed by atoms with van der Waals surface area (Å²) in [6.45, 7) is -0.184. The second-order valence-corrected chi connectivity index (χ2v) is 6.01. The molecule has 5 nitrogen and oxygen atoms in total. The largest absolute Gasteiger partial charge is 0.452 e. The first-order valence-electron chi connectivity index (χ1n) is 7.90. The fourth-order valence-corrected chi connectivity index (χ4v) is 2.23. The topological polar surface area (TPSA) is 49.9 Å². The highest BCUT2D eigenvalue weighted by atomic mass is 19.1. The van der Waals surface area contributed by atoms with Gasteiger partial charge in [0.15, 0.2) is 6.61 Å². The molecule has 0 radical (unpaired) electrons. The molecule has 0 unspecified atom stereocenters. The van der Waals surface area contributed by atoms with Gasteiger partial charge in [0.1, 0.15) is 11.6 Å². The smallest absolute Gasteiger partial charge is 0.341 e. The maximum absolute atomic E-state index is 13.5. The maximum atomic E-state index is 13.5. The number of amides is 1. The molecule has 0 aliphatic carbocycles. The van der Waals surface area contributed by atoms with Crippen molar-refractivity contribution in [3.05, 3.63) is 65.2 Å². The van der Waals surface area contributed by atoms with Crippen LogP contribution in [0.3, 0.4) is 0 Å². The molecular formula is C19H20F2N2O3. The third-order valence-corrected chi connectivity index (χ3v) is 3.78. The SMILES string of the molecule is CN(Cc1ccc(N(C)C)cc1)C(=O)COC(=O)c1ccc(F)cc1F. The number of ether oxygens (including phenoxy) is 1. The second kappa shape index (κ2) is 8.42. The molecule has 0 aromatic heterocycles. The lowest BCUT2D eigenvalue weighted by Crippen LogP contribution is -2.31. The summed E-state index contributed by atoms with van der Waals surface area (Å²) in [5.41, 5.74) is 1.54. The summed E-state index contributed by atoms with van der Waals surface area (Å²) >= 11 is 0. The monoisotopic (exact) mass is 362 g/mol. The molecule has 2 aromatic carbocycles. The van der Waals surface area contributed by atoms with Gasteiger partial charge in [-0.2, -0.15) is 0 Å². The van der Waals surface area contributed by atoms with Gasteiger partial charge in [0.05, 0.1) is 5.56 Å². The molecule has 2 rings (SSSR count). The van der Waals surface area contributed by atoms with Crippen molar-refractivity contribution in [3.63, 3.8) is 0 Å². The van der Waals surface area contributed by atoms with Crippen LogP contribution in [-0.4, -0.2) is 44.5 Å². The summed E-state index contributed by atoms with van der Waals surface area (Å²) in [5, 5.41) is 0. The highest BCUT2D eigenvalue weighted by Crippen LogP contribution is 2.14. The van der Waals surface area contributed by atoms with Crippen LogP contribution in [0.25, 0.3) is 0 Å². The van der Waals surface area contributed by atoms with Crippen molar-refractivity contribution in [2.24, 2.45) is 0 Å². The van der Waals surface area contributed by atoms with Crippen LogP contribution < -0.4 is 4.90 Å². The van der Waals surface area contributed by atoms with Crippen molar-refractivity contribution in [2.75, 3.05) is 32.6 Å². The van der Waals surface area contributed by atoms with Crippen LogP contribution in [0.5, 0.6) is 0 Å². The Morgan fingerprint density at radius 1 is 1.00 bits per heavy atom. The maximum Gasteiger partial charge on any atom is 0.341 e. The molecule has 26 heavy (non-hydrogen) atoms. The predicted molar refractivity (Wildman–Crippen MR) is 93.9 cm³/mol. The van der Waals surface area contributed by atoms with Crippen molar-refractivity contribution in [2.45, 2.75) is 6.54 Å². The summed E-state index contributed by atoms with van der Waals surface area (Å²) < 4.78 is 31.2. The molecular weight excluding hydrogens is 342 g/mol. The number of benzene rings is 2. The van der Waals surface area contributed by atoms with E-state index in [0.717, 1.165) is 23.4 Å². The molecule has 0 bridgehead atoms. The Hall–Kier alpha value is -2.96. The van der Waals surface area contributed by atoms with E-state index in [-0.39, 0.29) is 0 Å². The Labute approximate surface area is 150 Å². The summed E-state index contributed by atoms with van der Waals surface area (Å²) in [6.07, 6.45) is 0. The van der Waals surface area contributed by atoms with E-state index < -0.39 is 35.7 Å². The van der Waals surface area contributed by atoms with Gasteiger partial charge in [-0.3, -0.25) is 4.79 Å². The van der Waals surface area contributed by atoms with Crippen LogP contribution >= 0.6 is 0 Å². The molecule has 138 valence electrons. The highest BCUT2D eigenvalue weighted by molar-refractivity contribution is 5.91. The minimum atomic E-state index is -1.03. The lowest BCUT2D eigenvalue weighted by atomic mass is 10.2. The standard InChI is InChI=1S/C19H20F2N2O3/c1-22(2)15-7-4-13(5-8-15)11-23(3)18(24)12-26-19(25)16-9-6-14(20)10-17(16)21/h4-10H,11-12H2,1-3H3. The predicted octanol–water partition coefficient (Wildman–Crippen LogP) is 2.85. The van der Waals surface area contributed by atoms with E-state index >= 15 is 0 Å². The Bertz CT molecular complexity index is 792. The van der Waals surface area contributed by atoms with Crippen LogP contribution in [0.4, 0.5) is 14.5 Å². The van der Waals surface area contributed by atoms with E-state index in [1.165, 1.54) is 4.90 Å². The van der Waals surface area contributed by atoms with Crippen molar-refractivity contribution >= 4 is 17.6 Å². The molecule has 7 heteroatoms. The van der Waals surface area contributed by atoms with Gasteiger partial charge >= 0.3 is 5.97 Å². The number of carbonyl (C=O) groups is 2. The fraction of sp³-hybridized carbons (Fsp3) is 0.263. The van der Waals surface area contributed by atoms with Gasteiger partial charge in [0, 0.05) is 39.4 Å². The number of carbonyl (C=O) groups excluding carboxylic acids is 2. The van der Waals surface area contributed by atoms with Gasteiger partial charge in [-0.1, -0.05) is 12.1 Å². The number of anilines is 1. The summed E-state index contributed by atoms with van der Waals surface area (Å²) in [6, 6.07) is 10.2. The van der Waals surface area contributed by atoms with E-state index in [1.54, 1.807) is 7.05 Å². The number of esters is 1. The number of hydrogen-bond donors (Lipinski definition) is 0. The average Bonchev–Trinajstić information content (AvgIpc) is 2.59. The fourth-order valence-electron chi connectivity index (χ4n) is 2.23. The van der Waals surface area contributed by atoms with E-state index in [0.29, 0.717) is 12.6 Å². The third kappa shape index (κ3) is 5.02. The molecule has 1 amide bonds. The molecule has 0 N–H and O–H groups in total. The Kier molecular flexibility index (Phi) is 6.27. The number of likely N-dealkylation sites (N-methyl/N-ethyl adjacent to an activating group) is 1. The second-order valence-electron chi connectivity index (χ2n) is 6.01. The summed E-state index contributed by atoms with van der Waals surface area (Å²) in [7, 11) is 5.44. The van der Waals surface area contributed by atoms with E-state index in [9.17, 15) is 18.4 Å². The van der Waals surface area contributed by atoms with Gasteiger partial charge in [0.25, 0.3) is 5.91 Å². The normalized spacial score (nSPS) is 10.3. The van der Waals surface area contributed by atoms with Gasteiger partial charge < -0.3 is 14.5 Å². The average molecular weight is 362 g/mol. The van der Waals surface area contributed by atoms with Crippen molar-refractivity contribution < 1.29 is 23.1 Å². The van der Waals surface area contributed by atoms with E-state index in [4.69, 9.17) is 4.74 Å². The molecule has 0 saturated carbocycles. The Morgan fingerprint density at radius 2 is 1.65 bits per heavy atom. The van der Waals surface area contributed by atoms with Crippen molar-refractivity contribution in [3.8, 4) is 0 Å². The molecule has 0 heterocycles. The van der Waals surface area contributed by atoms with Crippen molar-refractivity contribution in [1.29, 1.82) is 0 Å². The molecule has 0 aliphatic heterocycles. The van der Waals surface area contributed by atoms with Gasteiger partial charge in [-0.05, 0) is 29.8 Å². The zero-order valence-electron chi connectivity index (χ0n) is 14.8. The van der Waals surface area contributed by atoms with Crippen LogP contribution in [0.2, 0.25) is 0 Å². The molecule has 2 aromatic rings. The molecule has 0 atom stereocenters. The quantitative estimate of drug-likeness (QED) is 0.742. The first-order chi connectivity index (χ1) is 12.3. The zero-order chi connectivity index (χ0) is 19.3. The minimum Gasteiger partial charge on any atom is -0.452 e.